The van der Waals surface area contributed by atoms with Gasteiger partial charge in [-0.05, 0) is 24.3 Å². The lowest BCUT2D eigenvalue weighted by Crippen LogP contribution is -2.51. The van der Waals surface area contributed by atoms with Crippen molar-refractivity contribution in [1.29, 1.82) is 0 Å². The van der Waals surface area contributed by atoms with Crippen LogP contribution in [-0.2, 0) is 11.2 Å². The number of piperazine rings is 1. The maximum atomic E-state index is 12.9. The number of hydrogen-bond donors (Lipinski definition) is 0. The fourth-order valence-electron chi connectivity index (χ4n) is 3.63. The normalized spacial score (nSPS) is 14.1. The maximum absolute atomic E-state index is 12.9. The first-order valence-corrected chi connectivity index (χ1v) is 9.73. The third-order valence-corrected chi connectivity index (χ3v) is 5.33. The summed E-state index contributed by atoms with van der Waals surface area (Å²) in [6.45, 7) is 1.86. The Bertz CT molecular complexity index is 1070. The molecule has 0 bridgehead atoms. The summed E-state index contributed by atoms with van der Waals surface area (Å²) in [5, 5.41) is 4.89. The predicted octanol–water partition coefficient (Wildman–Crippen LogP) is 2.37. The number of amides is 2. The molecule has 1 aromatic heterocycles. The number of benzene rings is 2. The molecule has 2 heterocycles. The highest BCUT2D eigenvalue weighted by Crippen LogP contribution is 2.26. The van der Waals surface area contributed by atoms with Crippen molar-refractivity contribution in [2.75, 3.05) is 40.4 Å². The molecule has 0 unspecified atom stereocenters. The molecule has 1 aliphatic heterocycles. The van der Waals surface area contributed by atoms with Crippen LogP contribution in [-0.4, -0.2) is 67.2 Å². The number of hydrogen-bond acceptors (Lipinski definition) is 6. The Hall–Kier alpha value is -3.55. The Balaban J connectivity index is 1.39. The minimum Gasteiger partial charge on any atom is -0.497 e. The zero-order chi connectivity index (χ0) is 21.1. The van der Waals surface area contributed by atoms with Crippen LogP contribution in [0.5, 0.6) is 11.5 Å². The van der Waals surface area contributed by atoms with Gasteiger partial charge in [-0.2, -0.15) is 0 Å². The van der Waals surface area contributed by atoms with Crippen molar-refractivity contribution < 1.29 is 23.6 Å². The van der Waals surface area contributed by atoms with Gasteiger partial charge >= 0.3 is 0 Å². The van der Waals surface area contributed by atoms with Gasteiger partial charge in [-0.25, -0.2) is 0 Å². The van der Waals surface area contributed by atoms with Crippen LogP contribution in [0.1, 0.15) is 16.1 Å². The molecule has 2 aromatic carbocycles. The van der Waals surface area contributed by atoms with Gasteiger partial charge in [-0.15, -0.1) is 0 Å². The van der Waals surface area contributed by atoms with Crippen LogP contribution in [0.15, 0.2) is 47.0 Å². The van der Waals surface area contributed by atoms with Gasteiger partial charge in [0.05, 0.1) is 26.2 Å². The average Bonchev–Trinajstić information content (AvgIpc) is 3.21. The molecule has 1 saturated heterocycles. The molecule has 30 heavy (non-hydrogen) atoms. The van der Waals surface area contributed by atoms with Gasteiger partial charge in [0, 0.05) is 37.6 Å². The van der Waals surface area contributed by atoms with E-state index >= 15 is 0 Å². The molecule has 1 fully saturated rings. The summed E-state index contributed by atoms with van der Waals surface area (Å²) in [5.41, 5.74) is 1.79. The van der Waals surface area contributed by atoms with E-state index in [4.69, 9.17) is 14.0 Å². The molecule has 8 nitrogen and oxygen atoms in total. The van der Waals surface area contributed by atoms with E-state index in [1.807, 2.05) is 24.3 Å². The van der Waals surface area contributed by atoms with Crippen molar-refractivity contribution in [3.8, 4) is 11.5 Å². The molecule has 4 rings (SSSR count). The first kappa shape index (κ1) is 19.8. The number of nitrogens with zero attached hydrogens (tertiary/aromatic N) is 3. The fourth-order valence-corrected chi connectivity index (χ4v) is 3.63. The molecular weight excluding hydrogens is 386 g/mol. The molecule has 0 radical (unpaired) electrons. The second-order valence-electron chi connectivity index (χ2n) is 7.04. The first-order chi connectivity index (χ1) is 14.6. The number of methoxy groups -OCH3 is 2. The third-order valence-electron chi connectivity index (χ3n) is 5.33. The highest BCUT2D eigenvalue weighted by Gasteiger charge is 2.27. The van der Waals surface area contributed by atoms with Gasteiger partial charge in [-0.1, -0.05) is 17.3 Å². The van der Waals surface area contributed by atoms with Crippen LogP contribution in [0.3, 0.4) is 0 Å². The van der Waals surface area contributed by atoms with Crippen LogP contribution in [0, 0.1) is 0 Å². The van der Waals surface area contributed by atoms with E-state index < -0.39 is 0 Å². The molecular formula is C22H23N3O5. The minimum absolute atomic E-state index is 0.0248. The second kappa shape index (κ2) is 8.44. The number of aromatic nitrogens is 1. The lowest BCUT2D eigenvalue weighted by atomic mass is 10.1. The van der Waals surface area contributed by atoms with Crippen LogP contribution in [0.4, 0.5) is 0 Å². The lowest BCUT2D eigenvalue weighted by Gasteiger charge is -2.35. The largest absolute Gasteiger partial charge is 0.497 e. The van der Waals surface area contributed by atoms with Crippen molar-refractivity contribution in [3.05, 3.63) is 53.7 Å². The number of para-hydroxylation sites is 1. The molecule has 0 spiro atoms. The lowest BCUT2D eigenvalue weighted by molar-refractivity contribution is -0.132. The van der Waals surface area contributed by atoms with E-state index in [-0.39, 0.29) is 18.2 Å². The number of fused-ring (bicyclic) bond motifs is 1. The van der Waals surface area contributed by atoms with Crippen LogP contribution in [0.25, 0.3) is 11.0 Å². The Morgan fingerprint density at radius 1 is 1.00 bits per heavy atom. The molecule has 3 aromatic rings. The summed E-state index contributed by atoms with van der Waals surface area (Å²) in [5.74, 6) is 0.947. The standard InChI is InChI=1S/C22H23N3O5/c1-28-15-7-8-17(20(13-15)29-2)22(27)25-11-9-24(10-12-25)21(26)14-18-16-5-3-4-6-19(16)30-23-18/h3-8,13H,9-12,14H2,1-2H3. The van der Waals surface area contributed by atoms with Gasteiger partial charge in [-0.3, -0.25) is 9.59 Å². The highest BCUT2D eigenvalue weighted by atomic mass is 16.5. The molecule has 0 aliphatic carbocycles. The van der Waals surface area contributed by atoms with Crippen molar-refractivity contribution in [1.82, 2.24) is 15.0 Å². The summed E-state index contributed by atoms with van der Waals surface area (Å²) < 4.78 is 15.8. The van der Waals surface area contributed by atoms with Gasteiger partial charge in [0.15, 0.2) is 5.58 Å². The quantitative estimate of drug-likeness (QED) is 0.643. The Labute approximate surface area is 173 Å². The highest BCUT2D eigenvalue weighted by molar-refractivity contribution is 5.97. The van der Waals surface area contributed by atoms with Gasteiger partial charge in [0.25, 0.3) is 5.91 Å². The van der Waals surface area contributed by atoms with Crippen LogP contribution in [0.2, 0.25) is 0 Å². The SMILES string of the molecule is COc1ccc(C(=O)N2CCN(C(=O)Cc3noc4ccccc34)CC2)c(OC)c1. The Morgan fingerprint density at radius 2 is 1.73 bits per heavy atom. The second-order valence-corrected chi connectivity index (χ2v) is 7.04. The monoisotopic (exact) mass is 409 g/mol. The molecule has 0 atom stereocenters. The van der Waals surface area contributed by atoms with Gasteiger partial charge < -0.3 is 23.8 Å². The molecule has 0 N–H and O–H groups in total. The number of rotatable bonds is 5. The van der Waals surface area contributed by atoms with Gasteiger partial charge in [0.1, 0.15) is 17.2 Å². The van der Waals surface area contributed by atoms with Crippen molar-refractivity contribution in [3.63, 3.8) is 0 Å². The van der Waals surface area contributed by atoms with E-state index in [2.05, 4.69) is 5.16 Å². The van der Waals surface area contributed by atoms with Crippen molar-refractivity contribution in [2.45, 2.75) is 6.42 Å². The van der Waals surface area contributed by atoms with E-state index in [0.717, 1.165) is 5.39 Å². The summed E-state index contributed by atoms with van der Waals surface area (Å²) in [7, 11) is 3.09. The van der Waals surface area contributed by atoms with Gasteiger partial charge in [0.2, 0.25) is 5.91 Å². The van der Waals surface area contributed by atoms with E-state index in [1.54, 1.807) is 35.1 Å². The summed E-state index contributed by atoms with van der Waals surface area (Å²) in [6, 6.07) is 12.6. The van der Waals surface area contributed by atoms with Crippen molar-refractivity contribution >= 4 is 22.8 Å². The molecule has 1 aliphatic rings. The van der Waals surface area contributed by atoms with Crippen molar-refractivity contribution in [2.24, 2.45) is 0 Å². The van der Waals surface area contributed by atoms with E-state index in [1.165, 1.54) is 7.11 Å². The van der Waals surface area contributed by atoms with Crippen LogP contribution >= 0.6 is 0 Å². The van der Waals surface area contributed by atoms with E-state index in [9.17, 15) is 9.59 Å². The minimum atomic E-state index is -0.121. The maximum Gasteiger partial charge on any atom is 0.257 e. The summed E-state index contributed by atoms with van der Waals surface area (Å²) in [6.07, 6.45) is 0.178. The number of carbonyl (C=O) groups is 2. The topological polar surface area (TPSA) is 85.1 Å². The number of carbonyl (C=O) groups excluding carboxylic acids is 2. The predicted molar refractivity (Wildman–Crippen MR) is 110 cm³/mol. The smallest absolute Gasteiger partial charge is 0.257 e. The summed E-state index contributed by atoms with van der Waals surface area (Å²) in [4.78, 5) is 29.2. The fraction of sp³-hybridized carbons (Fsp3) is 0.318. The Kier molecular flexibility index (Phi) is 5.56. The number of ether oxygens (including phenoxy) is 2. The Morgan fingerprint density at radius 3 is 2.47 bits per heavy atom. The zero-order valence-electron chi connectivity index (χ0n) is 17.0. The van der Waals surface area contributed by atoms with Crippen LogP contribution < -0.4 is 9.47 Å². The van der Waals surface area contributed by atoms with E-state index in [0.29, 0.717) is 54.5 Å². The molecule has 8 heteroatoms. The molecule has 156 valence electrons. The molecule has 0 saturated carbocycles. The average molecular weight is 409 g/mol. The summed E-state index contributed by atoms with van der Waals surface area (Å²) >= 11 is 0. The first-order valence-electron chi connectivity index (χ1n) is 9.73. The zero-order valence-corrected chi connectivity index (χ0v) is 17.0. The molecule has 2 amide bonds. The third kappa shape index (κ3) is 3.80.